The lowest BCUT2D eigenvalue weighted by molar-refractivity contribution is -0.113. The molecule has 0 spiro atoms. The number of amides is 1. The summed E-state index contributed by atoms with van der Waals surface area (Å²) in [6.07, 6.45) is 3.51. The maximum absolute atomic E-state index is 13.1. The molecule has 6 nitrogen and oxygen atoms in total. The maximum atomic E-state index is 13.1. The fourth-order valence-electron chi connectivity index (χ4n) is 2.17. The lowest BCUT2D eigenvalue weighted by Gasteiger charge is -2.09. The van der Waals surface area contributed by atoms with Crippen molar-refractivity contribution in [3.8, 4) is 5.69 Å². The lowest BCUT2D eigenvalue weighted by Crippen LogP contribution is -2.17. The predicted octanol–water partition coefficient (Wildman–Crippen LogP) is 2.78. The number of carbonyl (C=O) groups is 1. The van der Waals surface area contributed by atoms with Gasteiger partial charge in [-0.1, -0.05) is 11.8 Å². The van der Waals surface area contributed by atoms with Crippen LogP contribution in [-0.4, -0.2) is 31.0 Å². The number of hydrogen-bond donors (Lipinski definition) is 1. The van der Waals surface area contributed by atoms with E-state index in [0.29, 0.717) is 11.5 Å². The Morgan fingerprint density at radius 3 is 2.75 bits per heavy atom. The average molecular weight is 345 g/mol. The topological polar surface area (TPSA) is 64.7 Å². The number of nitrogens with zero attached hydrogens (tertiary/aromatic N) is 4. The van der Waals surface area contributed by atoms with Crippen LogP contribution in [0.5, 0.6) is 0 Å². The fraction of sp³-hybridized carbons (Fsp3) is 0.188. The molecule has 2 heterocycles. The lowest BCUT2D eigenvalue weighted by atomic mass is 10.3. The van der Waals surface area contributed by atoms with Crippen molar-refractivity contribution in [3.05, 3.63) is 54.2 Å². The van der Waals surface area contributed by atoms with Crippen LogP contribution in [0, 0.1) is 12.7 Å². The summed E-state index contributed by atoms with van der Waals surface area (Å²) in [4.78, 5) is 16.4. The van der Waals surface area contributed by atoms with Gasteiger partial charge in [0.25, 0.3) is 0 Å². The molecule has 0 aliphatic rings. The molecule has 0 fully saturated rings. The van der Waals surface area contributed by atoms with Gasteiger partial charge in [-0.25, -0.2) is 14.1 Å². The monoisotopic (exact) mass is 345 g/mol. The Morgan fingerprint density at radius 1 is 1.33 bits per heavy atom. The summed E-state index contributed by atoms with van der Waals surface area (Å²) in [5, 5.41) is 7.95. The minimum absolute atomic E-state index is 0.161. The molecule has 0 saturated heterocycles. The predicted molar refractivity (Wildman–Crippen MR) is 90.8 cm³/mol. The van der Waals surface area contributed by atoms with Crippen molar-refractivity contribution in [2.45, 2.75) is 12.1 Å². The van der Waals surface area contributed by atoms with Gasteiger partial charge in [0.15, 0.2) is 5.16 Å². The second-order valence-corrected chi connectivity index (χ2v) is 6.16. The number of benzene rings is 1. The quantitative estimate of drug-likeness (QED) is 0.722. The van der Waals surface area contributed by atoms with Gasteiger partial charge in [-0.05, 0) is 31.2 Å². The Kier molecular flexibility index (Phi) is 4.66. The first-order chi connectivity index (χ1) is 11.5. The van der Waals surface area contributed by atoms with Gasteiger partial charge in [-0.2, -0.15) is 5.10 Å². The molecule has 0 bridgehead atoms. The summed E-state index contributed by atoms with van der Waals surface area (Å²) >= 11 is 1.35. The van der Waals surface area contributed by atoms with Gasteiger partial charge in [0.1, 0.15) is 11.6 Å². The third-order valence-corrected chi connectivity index (χ3v) is 4.34. The van der Waals surface area contributed by atoms with Crippen molar-refractivity contribution in [3.63, 3.8) is 0 Å². The second-order valence-electron chi connectivity index (χ2n) is 5.22. The first-order valence-corrected chi connectivity index (χ1v) is 8.24. The van der Waals surface area contributed by atoms with E-state index in [2.05, 4.69) is 15.4 Å². The normalized spacial score (nSPS) is 10.8. The number of anilines is 1. The van der Waals surface area contributed by atoms with Gasteiger partial charge < -0.3 is 9.88 Å². The van der Waals surface area contributed by atoms with Crippen LogP contribution in [0.15, 0.2) is 47.9 Å². The Morgan fingerprint density at radius 2 is 2.08 bits per heavy atom. The standard InChI is InChI=1S/C16H16FN5OS/c1-11-9-14(22(20-11)13-5-3-12(17)4-6-13)19-15(23)10-24-16-18-7-8-21(16)2/h3-9H,10H2,1-2H3,(H,19,23). The zero-order valence-electron chi connectivity index (χ0n) is 13.2. The van der Waals surface area contributed by atoms with Gasteiger partial charge in [0, 0.05) is 25.5 Å². The third-order valence-electron chi connectivity index (χ3n) is 3.28. The minimum atomic E-state index is -0.320. The van der Waals surface area contributed by atoms with E-state index in [1.165, 1.54) is 23.9 Å². The molecule has 0 saturated carbocycles. The average Bonchev–Trinajstić information content (AvgIpc) is 3.12. The third kappa shape index (κ3) is 3.65. The summed E-state index contributed by atoms with van der Waals surface area (Å²) in [5.74, 6) is 0.300. The Balaban J connectivity index is 1.72. The van der Waals surface area contributed by atoms with Crippen molar-refractivity contribution in [2.24, 2.45) is 7.05 Å². The van der Waals surface area contributed by atoms with Crippen molar-refractivity contribution in [2.75, 3.05) is 11.1 Å². The van der Waals surface area contributed by atoms with Gasteiger partial charge in [0.2, 0.25) is 5.91 Å². The molecule has 3 rings (SSSR count). The molecule has 24 heavy (non-hydrogen) atoms. The van der Waals surface area contributed by atoms with E-state index in [0.717, 1.165) is 10.9 Å². The first-order valence-electron chi connectivity index (χ1n) is 7.25. The molecule has 3 aromatic rings. The molecule has 2 aromatic heterocycles. The number of aryl methyl sites for hydroxylation is 2. The van der Waals surface area contributed by atoms with Crippen LogP contribution in [0.4, 0.5) is 10.2 Å². The van der Waals surface area contributed by atoms with E-state index in [9.17, 15) is 9.18 Å². The molecule has 1 aromatic carbocycles. The van der Waals surface area contributed by atoms with Crippen LogP contribution in [0.25, 0.3) is 5.69 Å². The number of carbonyl (C=O) groups excluding carboxylic acids is 1. The highest BCUT2D eigenvalue weighted by Crippen LogP contribution is 2.19. The number of thioether (sulfide) groups is 1. The van der Waals surface area contributed by atoms with E-state index in [1.54, 1.807) is 29.1 Å². The Labute approximate surface area is 142 Å². The largest absolute Gasteiger partial charge is 0.329 e. The number of halogens is 1. The molecule has 0 aliphatic heterocycles. The maximum Gasteiger partial charge on any atom is 0.236 e. The van der Waals surface area contributed by atoms with Crippen molar-refractivity contribution < 1.29 is 9.18 Å². The molecule has 0 radical (unpaired) electrons. The number of rotatable bonds is 5. The van der Waals surface area contributed by atoms with Gasteiger partial charge in [-0.3, -0.25) is 4.79 Å². The SMILES string of the molecule is Cc1cc(NC(=O)CSc2nccn2C)n(-c2ccc(F)cc2)n1. The van der Waals surface area contributed by atoms with Crippen molar-refractivity contribution in [1.29, 1.82) is 0 Å². The number of nitrogens with one attached hydrogen (secondary N) is 1. The summed E-state index contributed by atoms with van der Waals surface area (Å²) < 4.78 is 16.5. The minimum Gasteiger partial charge on any atom is -0.329 e. The second kappa shape index (κ2) is 6.88. The smallest absolute Gasteiger partial charge is 0.236 e. The molecule has 0 atom stereocenters. The Hall–Kier alpha value is -2.61. The number of aromatic nitrogens is 4. The van der Waals surface area contributed by atoms with E-state index in [4.69, 9.17) is 0 Å². The fourth-order valence-corrected chi connectivity index (χ4v) is 2.90. The van der Waals surface area contributed by atoms with Crippen molar-refractivity contribution >= 4 is 23.5 Å². The number of imidazole rings is 1. The summed E-state index contributed by atoms with van der Waals surface area (Å²) in [5.41, 5.74) is 1.43. The van der Waals surface area contributed by atoms with Crippen LogP contribution in [-0.2, 0) is 11.8 Å². The highest BCUT2D eigenvalue weighted by molar-refractivity contribution is 7.99. The van der Waals surface area contributed by atoms with Crippen molar-refractivity contribution in [1.82, 2.24) is 19.3 Å². The van der Waals surface area contributed by atoms with E-state index in [1.807, 2.05) is 24.7 Å². The first kappa shape index (κ1) is 16.3. The molecule has 124 valence electrons. The van der Waals surface area contributed by atoms with Gasteiger partial charge in [-0.15, -0.1) is 0 Å². The molecular weight excluding hydrogens is 329 g/mol. The summed E-state index contributed by atoms with van der Waals surface area (Å²) in [6, 6.07) is 7.70. The molecule has 1 amide bonds. The van der Waals surface area contributed by atoms with Crippen LogP contribution in [0.2, 0.25) is 0 Å². The zero-order valence-corrected chi connectivity index (χ0v) is 14.0. The van der Waals surface area contributed by atoms with Gasteiger partial charge >= 0.3 is 0 Å². The summed E-state index contributed by atoms with van der Waals surface area (Å²) in [6.45, 7) is 1.83. The van der Waals surface area contributed by atoms with Crippen LogP contribution in [0.3, 0.4) is 0 Å². The van der Waals surface area contributed by atoms with E-state index < -0.39 is 0 Å². The zero-order chi connectivity index (χ0) is 17.1. The highest BCUT2D eigenvalue weighted by atomic mass is 32.2. The Bertz CT molecular complexity index is 856. The van der Waals surface area contributed by atoms with E-state index in [-0.39, 0.29) is 17.5 Å². The van der Waals surface area contributed by atoms with Crippen LogP contribution < -0.4 is 5.32 Å². The molecule has 8 heteroatoms. The molecule has 1 N–H and O–H groups in total. The van der Waals surface area contributed by atoms with Crippen LogP contribution >= 0.6 is 11.8 Å². The summed E-state index contributed by atoms with van der Waals surface area (Å²) in [7, 11) is 1.88. The van der Waals surface area contributed by atoms with Crippen LogP contribution in [0.1, 0.15) is 5.69 Å². The van der Waals surface area contributed by atoms with Gasteiger partial charge in [0.05, 0.1) is 17.1 Å². The molecule has 0 unspecified atom stereocenters. The molecule has 0 aliphatic carbocycles. The number of hydrogen-bond acceptors (Lipinski definition) is 4. The van der Waals surface area contributed by atoms with E-state index >= 15 is 0 Å². The molecular formula is C16H16FN5OS. The highest BCUT2D eigenvalue weighted by Gasteiger charge is 2.12.